The summed E-state index contributed by atoms with van der Waals surface area (Å²) in [6.07, 6.45) is 0. The maximum atomic E-state index is 13.2. The smallest absolute Gasteiger partial charge is 0.255 e. The quantitative estimate of drug-likeness (QED) is 0.779. The zero-order valence-corrected chi connectivity index (χ0v) is 13.7. The maximum Gasteiger partial charge on any atom is 0.255 e. The Kier molecular flexibility index (Phi) is 4.92. The van der Waals surface area contributed by atoms with E-state index in [0.717, 1.165) is 0 Å². The van der Waals surface area contributed by atoms with Crippen molar-refractivity contribution in [1.29, 1.82) is 0 Å². The topological polar surface area (TPSA) is 55.1 Å². The minimum absolute atomic E-state index is 0.00271. The molecule has 2 rings (SSSR count). The van der Waals surface area contributed by atoms with E-state index in [1.807, 2.05) is 0 Å². The fraction of sp³-hybridized carbons (Fsp3) is 0. The number of thiocarbonyl (C=S) groups is 1. The predicted octanol–water partition coefficient (Wildman–Crippen LogP) is 4.13. The van der Waals surface area contributed by atoms with Gasteiger partial charge in [0.05, 0.1) is 5.69 Å². The van der Waals surface area contributed by atoms with E-state index in [1.54, 1.807) is 12.1 Å². The standard InChI is InChI=1S/C14H9BrClFN2OS/c15-8-3-7(4-9(16)5-8)14(20)19-12-2-1-10(17)6-11(12)13(18)21/h1-6H,(H2,18,21)(H,19,20). The van der Waals surface area contributed by atoms with Gasteiger partial charge in [0, 0.05) is 20.6 Å². The van der Waals surface area contributed by atoms with Crippen LogP contribution < -0.4 is 11.1 Å². The molecule has 0 aliphatic carbocycles. The first-order valence-corrected chi connectivity index (χ1v) is 7.31. The molecule has 0 aromatic heterocycles. The molecule has 7 heteroatoms. The van der Waals surface area contributed by atoms with Crippen LogP contribution in [0.3, 0.4) is 0 Å². The van der Waals surface area contributed by atoms with Gasteiger partial charge in [-0.05, 0) is 36.4 Å². The molecule has 0 aliphatic rings. The Hall–Kier alpha value is -1.50. The number of carbonyl (C=O) groups is 1. The summed E-state index contributed by atoms with van der Waals surface area (Å²) >= 11 is 14.0. The van der Waals surface area contributed by atoms with Crippen LogP contribution in [0.2, 0.25) is 5.02 Å². The summed E-state index contributed by atoms with van der Waals surface area (Å²) in [7, 11) is 0. The summed E-state index contributed by atoms with van der Waals surface area (Å²) in [6, 6.07) is 8.59. The monoisotopic (exact) mass is 386 g/mol. The molecule has 1 amide bonds. The van der Waals surface area contributed by atoms with Gasteiger partial charge in [-0.1, -0.05) is 39.7 Å². The fourth-order valence-electron chi connectivity index (χ4n) is 1.71. The number of anilines is 1. The van der Waals surface area contributed by atoms with Gasteiger partial charge < -0.3 is 11.1 Å². The second-order valence-corrected chi connectivity index (χ2v) is 5.96. The van der Waals surface area contributed by atoms with Gasteiger partial charge in [0.25, 0.3) is 5.91 Å². The van der Waals surface area contributed by atoms with Gasteiger partial charge >= 0.3 is 0 Å². The van der Waals surface area contributed by atoms with Crippen LogP contribution in [-0.2, 0) is 0 Å². The molecule has 0 fully saturated rings. The van der Waals surface area contributed by atoms with E-state index in [2.05, 4.69) is 21.2 Å². The van der Waals surface area contributed by atoms with Gasteiger partial charge in [0.1, 0.15) is 10.8 Å². The molecule has 0 aliphatic heterocycles. The zero-order chi connectivity index (χ0) is 15.6. The molecule has 3 nitrogen and oxygen atoms in total. The summed E-state index contributed by atoms with van der Waals surface area (Å²) in [6.45, 7) is 0. The second kappa shape index (κ2) is 6.51. The third-order valence-electron chi connectivity index (χ3n) is 2.62. The van der Waals surface area contributed by atoms with Gasteiger partial charge in [-0.2, -0.15) is 0 Å². The fourth-order valence-corrected chi connectivity index (χ4v) is 2.74. The molecule has 0 saturated carbocycles. The predicted molar refractivity (Wildman–Crippen MR) is 89.4 cm³/mol. The molecule has 0 heterocycles. The Morgan fingerprint density at radius 1 is 1.29 bits per heavy atom. The highest BCUT2D eigenvalue weighted by Crippen LogP contribution is 2.22. The van der Waals surface area contributed by atoms with E-state index in [9.17, 15) is 9.18 Å². The molecular weight excluding hydrogens is 379 g/mol. The van der Waals surface area contributed by atoms with Crippen LogP contribution in [0, 0.1) is 5.82 Å². The lowest BCUT2D eigenvalue weighted by molar-refractivity contribution is 0.102. The average Bonchev–Trinajstić information content (AvgIpc) is 2.39. The van der Waals surface area contributed by atoms with Crippen LogP contribution in [0.25, 0.3) is 0 Å². The molecule has 3 N–H and O–H groups in total. The van der Waals surface area contributed by atoms with Crippen LogP contribution in [-0.4, -0.2) is 10.9 Å². The molecule has 0 spiro atoms. The normalized spacial score (nSPS) is 10.2. The van der Waals surface area contributed by atoms with Crippen molar-refractivity contribution in [2.75, 3.05) is 5.32 Å². The zero-order valence-electron chi connectivity index (χ0n) is 10.5. The molecular formula is C14H9BrClFN2OS. The molecule has 0 atom stereocenters. The van der Waals surface area contributed by atoms with Crippen molar-refractivity contribution in [3.8, 4) is 0 Å². The molecule has 108 valence electrons. The van der Waals surface area contributed by atoms with Crippen molar-refractivity contribution >= 4 is 56.3 Å². The third-order valence-corrected chi connectivity index (χ3v) is 3.52. The minimum Gasteiger partial charge on any atom is -0.389 e. The minimum atomic E-state index is -0.485. The van der Waals surface area contributed by atoms with Crippen molar-refractivity contribution in [2.45, 2.75) is 0 Å². The Labute approximate surface area is 139 Å². The SMILES string of the molecule is NC(=S)c1cc(F)ccc1NC(=O)c1cc(Cl)cc(Br)c1. The highest BCUT2D eigenvalue weighted by molar-refractivity contribution is 9.10. The summed E-state index contributed by atoms with van der Waals surface area (Å²) in [4.78, 5) is 12.2. The number of nitrogens with one attached hydrogen (secondary N) is 1. The van der Waals surface area contributed by atoms with Gasteiger partial charge in [0.15, 0.2) is 0 Å². The molecule has 0 bridgehead atoms. The number of hydrogen-bond acceptors (Lipinski definition) is 2. The van der Waals surface area contributed by atoms with E-state index in [4.69, 9.17) is 29.6 Å². The van der Waals surface area contributed by atoms with Crippen molar-refractivity contribution in [3.63, 3.8) is 0 Å². The van der Waals surface area contributed by atoms with E-state index < -0.39 is 11.7 Å². The van der Waals surface area contributed by atoms with Crippen LogP contribution in [0.4, 0.5) is 10.1 Å². The molecule has 0 radical (unpaired) electrons. The Balaban J connectivity index is 2.33. The Morgan fingerprint density at radius 3 is 2.62 bits per heavy atom. The van der Waals surface area contributed by atoms with Gasteiger partial charge in [-0.25, -0.2) is 4.39 Å². The van der Waals surface area contributed by atoms with Gasteiger partial charge in [-0.15, -0.1) is 0 Å². The summed E-state index contributed by atoms with van der Waals surface area (Å²) in [5.41, 5.74) is 6.49. The first-order valence-electron chi connectivity index (χ1n) is 5.73. The van der Waals surface area contributed by atoms with Crippen molar-refractivity contribution in [2.24, 2.45) is 5.73 Å². The number of carbonyl (C=O) groups excluding carboxylic acids is 1. The van der Waals surface area contributed by atoms with E-state index in [-0.39, 0.29) is 10.6 Å². The maximum absolute atomic E-state index is 13.2. The number of hydrogen-bond donors (Lipinski definition) is 2. The van der Waals surface area contributed by atoms with Crippen molar-refractivity contribution in [3.05, 3.63) is 62.8 Å². The summed E-state index contributed by atoms with van der Waals surface area (Å²) < 4.78 is 13.9. The Bertz CT molecular complexity index is 719. The molecule has 0 saturated heterocycles. The molecule has 21 heavy (non-hydrogen) atoms. The first-order chi connectivity index (χ1) is 9.86. The van der Waals surface area contributed by atoms with E-state index in [0.29, 0.717) is 20.7 Å². The van der Waals surface area contributed by atoms with E-state index in [1.165, 1.54) is 24.3 Å². The lowest BCUT2D eigenvalue weighted by Crippen LogP contribution is -2.18. The van der Waals surface area contributed by atoms with Crippen LogP contribution in [0.1, 0.15) is 15.9 Å². The number of nitrogens with two attached hydrogens (primary N) is 1. The third kappa shape index (κ3) is 4.00. The Morgan fingerprint density at radius 2 is 2.00 bits per heavy atom. The molecule has 0 unspecified atom stereocenters. The molecule has 2 aromatic carbocycles. The number of rotatable bonds is 3. The second-order valence-electron chi connectivity index (χ2n) is 4.17. The number of benzene rings is 2. The largest absolute Gasteiger partial charge is 0.389 e. The lowest BCUT2D eigenvalue weighted by Gasteiger charge is -2.11. The van der Waals surface area contributed by atoms with Crippen LogP contribution in [0.5, 0.6) is 0 Å². The van der Waals surface area contributed by atoms with Gasteiger partial charge in [0.2, 0.25) is 0 Å². The summed E-state index contributed by atoms with van der Waals surface area (Å²) in [5.74, 6) is -0.886. The average molecular weight is 388 g/mol. The lowest BCUT2D eigenvalue weighted by atomic mass is 10.1. The summed E-state index contributed by atoms with van der Waals surface area (Å²) in [5, 5.41) is 3.06. The highest BCUT2D eigenvalue weighted by atomic mass is 79.9. The van der Waals surface area contributed by atoms with Gasteiger partial charge in [-0.3, -0.25) is 4.79 Å². The first kappa shape index (κ1) is 15.9. The van der Waals surface area contributed by atoms with Crippen LogP contribution in [0.15, 0.2) is 40.9 Å². The number of halogens is 3. The highest BCUT2D eigenvalue weighted by Gasteiger charge is 2.12. The number of amides is 1. The van der Waals surface area contributed by atoms with Crippen molar-refractivity contribution in [1.82, 2.24) is 0 Å². The van der Waals surface area contributed by atoms with E-state index >= 15 is 0 Å². The van der Waals surface area contributed by atoms with Crippen LogP contribution >= 0.6 is 39.7 Å². The van der Waals surface area contributed by atoms with Crippen molar-refractivity contribution < 1.29 is 9.18 Å². The molecule has 2 aromatic rings.